The van der Waals surface area contributed by atoms with Gasteiger partial charge in [0.25, 0.3) is 0 Å². The zero-order valence-corrected chi connectivity index (χ0v) is 13.4. The van der Waals surface area contributed by atoms with Crippen LogP contribution in [0.15, 0.2) is 34.6 Å². The lowest BCUT2D eigenvalue weighted by atomic mass is 10.2. The molecule has 0 aliphatic carbocycles. The third-order valence-electron chi connectivity index (χ3n) is 2.60. The number of hydrogen-bond acceptors (Lipinski definition) is 4. The van der Waals surface area contributed by atoms with Crippen LogP contribution in [0, 0.1) is 0 Å². The Morgan fingerprint density at radius 1 is 0.850 bits per heavy atom. The van der Waals surface area contributed by atoms with E-state index in [0.717, 1.165) is 14.0 Å². The van der Waals surface area contributed by atoms with Crippen molar-refractivity contribution in [2.75, 3.05) is 28.2 Å². The Morgan fingerprint density at radius 3 is 1.75 bits per heavy atom. The average Bonchev–Trinajstić information content (AvgIpc) is 2.36. The van der Waals surface area contributed by atoms with Gasteiger partial charge in [0.1, 0.15) is 0 Å². The lowest BCUT2D eigenvalue weighted by molar-refractivity contribution is 0.520. The van der Waals surface area contributed by atoms with E-state index in [-0.39, 0.29) is 4.90 Å². The third kappa shape index (κ3) is 3.89. The molecule has 1 aromatic rings. The van der Waals surface area contributed by atoms with Crippen molar-refractivity contribution in [3.63, 3.8) is 0 Å². The van der Waals surface area contributed by atoms with Crippen molar-refractivity contribution in [1.82, 2.24) is 8.61 Å². The Bertz CT molecular complexity index is 687. The molecule has 6 nitrogen and oxygen atoms in total. The lowest BCUT2D eigenvalue weighted by Gasteiger charge is -2.11. The second-order valence-corrected chi connectivity index (χ2v) is 8.67. The summed E-state index contributed by atoms with van der Waals surface area (Å²) in [6, 6.07) is 5.99. The monoisotopic (exact) mass is 318 g/mol. The van der Waals surface area contributed by atoms with Gasteiger partial charge in [-0.1, -0.05) is 12.1 Å². The molecule has 0 radical (unpaired) electrons. The van der Waals surface area contributed by atoms with Crippen molar-refractivity contribution in [1.29, 1.82) is 0 Å². The molecule has 0 bridgehead atoms. The number of benzene rings is 1. The van der Waals surface area contributed by atoms with Gasteiger partial charge in [0.05, 0.1) is 4.90 Å². The van der Waals surface area contributed by atoms with Gasteiger partial charge in [-0.05, 0) is 23.8 Å². The fraction of sp³-hybridized carbons (Fsp3) is 0.333. The minimum atomic E-state index is -3.47. The van der Waals surface area contributed by atoms with Crippen molar-refractivity contribution in [2.24, 2.45) is 0 Å². The van der Waals surface area contributed by atoms with Crippen molar-refractivity contribution >= 4 is 26.1 Å². The van der Waals surface area contributed by atoms with Gasteiger partial charge in [-0.25, -0.2) is 25.4 Å². The van der Waals surface area contributed by atoms with Crippen LogP contribution in [0.5, 0.6) is 0 Å². The molecule has 0 aliphatic rings. The van der Waals surface area contributed by atoms with E-state index in [1.807, 2.05) is 0 Å². The molecule has 0 aliphatic heterocycles. The highest BCUT2D eigenvalue weighted by atomic mass is 32.2. The minimum absolute atomic E-state index is 0.162. The Labute approximate surface area is 120 Å². The molecule has 20 heavy (non-hydrogen) atoms. The normalized spacial score (nSPS) is 13.5. The minimum Gasteiger partial charge on any atom is -0.208 e. The highest BCUT2D eigenvalue weighted by Gasteiger charge is 2.16. The molecule has 112 valence electrons. The Hall–Kier alpha value is -1.22. The molecule has 0 heterocycles. The third-order valence-corrected chi connectivity index (χ3v) is 5.93. The smallest absolute Gasteiger partial charge is 0.208 e. The van der Waals surface area contributed by atoms with Gasteiger partial charge in [-0.2, -0.15) is 0 Å². The quantitative estimate of drug-likeness (QED) is 0.805. The molecule has 0 unspecified atom stereocenters. The first kappa shape index (κ1) is 16.8. The molecule has 0 N–H and O–H groups in total. The first-order valence-electron chi connectivity index (χ1n) is 5.70. The Kier molecular flexibility index (Phi) is 5.09. The summed E-state index contributed by atoms with van der Waals surface area (Å²) in [5, 5.41) is 1.07. The van der Waals surface area contributed by atoms with Gasteiger partial charge in [0, 0.05) is 33.6 Å². The van der Waals surface area contributed by atoms with E-state index in [1.165, 1.54) is 46.4 Å². The maximum atomic E-state index is 11.9. The number of nitrogens with zero attached hydrogens (tertiary/aromatic N) is 2. The second kappa shape index (κ2) is 6.04. The van der Waals surface area contributed by atoms with Gasteiger partial charge in [0.2, 0.25) is 20.0 Å². The Morgan fingerprint density at radius 2 is 1.35 bits per heavy atom. The molecule has 0 fully saturated rings. The Balaban J connectivity index is 3.03. The fourth-order valence-electron chi connectivity index (χ4n) is 1.25. The van der Waals surface area contributed by atoms with E-state index in [4.69, 9.17) is 0 Å². The van der Waals surface area contributed by atoms with Gasteiger partial charge in [0.15, 0.2) is 0 Å². The van der Waals surface area contributed by atoms with Crippen LogP contribution in [0.1, 0.15) is 5.56 Å². The molecule has 1 aromatic carbocycles. The SMILES string of the molecule is CN(C)S(=O)(=O)/C=C/c1ccc(S(=O)(=O)N(C)C)cc1. The van der Waals surface area contributed by atoms with Crippen molar-refractivity contribution < 1.29 is 16.8 Å². The van der Waals surface area contributed by atoms with E-state index in [9.17, 15) is 16.8 Å². The van der Waals surface area contributed by atoms with Crippen LogP contribution in [0.3, 0.4) is 0 Å². The molecule has 0 aromatic heterocycles. The maximum Gasteiger partial charge on any atom is 0.242 e. The predicted molar refractivity (Wildman–Crippen MR) is 79.0 cm³/mol. The van der Waals surface area contributed by atoms with Crippen LogP contribution in [0.2, 0.25) is 0 Å². The summed E-state index contributed by atoms with van der Waals surface area (Å²) < 4.78 is 49.0. The molecule has 0 amide bonds. The van der Waals surface area contributed by atoms with Crippen LogP contribution in [-0.4, -0.2) is 53.6 Å². The highest BCUT2D eigenvalue weighted by molar-refractivity contribution is 7.92. The van der Waals surface area contributed by atoms with Gasteiger partial charge >= 0.3 is 0 Å². The topological polar surface area (TPSA) is 74.8 Å². The predicted octanol–water partition coefficient (Wildman–Crippen LogP) is 0.799. The van der Waals surface area contributed by atoms with Crippen LogP contribution < -0.4 is 0 Å². The highest BCUT2D eigenvalue weighted by Crippen LogP contribution is 2.15. The van der Waals surface area contributed by atoms with E-state index in [0.29, 0.717) is 5.56 Å². The van der Waals surface area contributed by atoms with Crippen LogP contribution in [-0.2, 0) is 20.0 Å². The molecule has 0 spiro atoms. The maximum absolute atomic E-state index is 11.9. The molecular formula is C12H18N2O4S2. The molecule has 1 rings (SSSR count). The summed E-state index contributed by atoms with van der Waals surface area (Å²) in [5.74, 6) is 0. The number of sulfonamides is 2. The average molecular weight is 318 g/mol. The number of hydrogen-bond donors (Lipinski definition) is 0. The first-order chi connectivity index (χ1) is 9.07. The van der Waals surface area contributed by atoms with Crippen molar-refractivity contribution in [2.45, 2.75) is 4.90 Å². The van der Waals surface area contributed by atoms with Crippen molar-refractivity contribution in [3.05, 3.63) is 35.2 Å². The van der Waals surface area contributed by atoms with E-state index < -0.39 is 20.0 Å². The molecule has 0 saturated heterocycles. The largest absolute Gasteiger partial charge is 0.242 e. The molecule has 8 heteroatoms. The first-order valence-corrected chi connectivity index (χ1v) is 8.65. The summed E-state index contributed by atoms with van der Waals surface area (Å²) >= 11 is 0. The zero-order valence-electron chi connectivity index (χ0n) is 11.8. The summed E-state index contributed by atoms with van der Waals surface area (Å²) in [6.45, 7) is 0. The van der Waals surface area contributed by atoms with Gasteiger partial charge in [-0.3, -0.25) is 0 Å². The number of rotatable bonds is 5. The second-order valence-electron chi connectivity index (χ2n) is 4.49. The van der Waals surface area contributed by atoms with Crippen LogP contribution in [0.4, 0.5) is 0 Å². The van der Waals surface area contributed by atoms with Crippen LogP contribution in [0.25, 0.3) is 6.08 Å². The molecule has 0 saturated carbocycles. The summed E-state index contributed by atoms with van der Waals surface area (Å²) in [5.41, 5.74) is 0.605. The molecule has 0 atom stereocenters. The van der Waals surface area contributed by atoms with Crippen LogP contribution >= 0.6 is 0 Å². The lowest BCUT2D eigenvalue weighted by Crippen LogP contribution is -2.22. The summed E-state index contributed by atoms with van der Waals surface area (Å²) in [4.78, 5) is 0.162. The standard InChI is InChI=1S/C12H18N2O4S2/c1-13(2)19(15,16)10-9-11-5-7-12(8-6-11)20(17,18)14(3)4/h5-10H,1-4H3/b10-9+. The molecular weight excluding hydrogens is 300 g/mol. The summed E-state index contributed by atoms with van der Waals surface area (Å²) in [7, 11) is -1.11. The van der Waals surface area contributed by atoms with E-state index in [1.54, 1.807) is 12.1 Å². The van der Waals surface area contributed by atoms with E-state index >= 15 is 0 Å². The van der Waals surface area contributed by atoms with Gasteiger partial charge in [-0.15, -0.1) is 0 Å². The zero-order chi connectivity index (χ0) is 15.6. The fourth-order valence-corrected chi connectivity index (χ4v) is 2.72. The van der Waals surface area contributed by atoms with Gasteiger partial charge < -0.3 is 0 Å². The van der Waals surface area contributed by atoms with Crippen molar-refractivity contribution in [3.8, 4) is 0 Å². The summed E-state index contributed by atoms with van der Waals surface area (Å²) in [6.07, 6.45) is 1.42. The van der Waals surface area contributed by atoms with E-state index in [2.05, 4.69) is 0 Å².